The van der Waals surface area contributed by atoms with Crippen LogP contribution in [-0.2, 0) is 5.41 Å². The summed E-state index contributed by atoms with van der Waals surface area (Å²) in [4.78, 5) is 21.3. The molecule has 1 N–H and O–H groups in total. The molecule has 1 aromatic carbocycles. The zero-order valence-electron chi connectivity index (χ0n) is 14.6. The highest BCUT2D eigenvalue weighted by atomic mass is 32.1. The van der Waals surface area contributed by atoms with Gasteiger partial charge in [0, 0.05) is 11.3 Å². The Kier molecular flexibility index (Phi) is 4.13. The summed E-state index contributed by atoms with van der Waals surface area (Å²) >= 11 is 1.46. The summed E-state index contributed by atoms with van der Waals surface area (Å²) in [6.45, 7) is 10.4. The van der Waals surface area contributed by atoms with Gasteiger partial charge in [0.25, 0.3) is 5.91 Å². The zero-order chi connectivity index (χ0) is 17.5. The van der Waals surface area contributed by atoms with Gasteiger partial charge in [-0.25, -0.2) is 4.98 Å². The molecule has 24 heavy (non-hydrogen) atoms. The number of hydrogen-bond donors (Lipinski definition) is 1. The van der Waals surface area contributed by atoms with E-state index >= 15 is 0 Å². The van der Waals surface area contributed by atoms with Crippen molar-refractivity contribution in [2.45, 2.75) is 40.0 Å². The van der Waals surface area contributed by atoms with E-state index in [1.54, 1.807) is 0 Å². The number of rotatable bonds is 2. The summed E-state index contributed by atoms with van der Waals surface area (Å²) in [6.07, 6.45) is 0. The van der Waals surface area contributed by atoms with Crippen LogP contribution in [0.1, 0.15) is 48.0 Å². The van der Waals surface area contributed by atoms with E-state index in [1.807, 2.05) is 44.2 Å². The molecule has 0 aliphatic heterocycles. The van der Waals surface area contributed by atoms with Crippen molar-refractivity contribution in [3.8, 4) is 0 Å². The van der Waals surface area contributed by atoms with Crippen LogP contribution < -0.4 is 5.32 Å². The fourth-order valence-corrected chi connectivity index (χ4v) is 3.44. The summed E-state index contributed by atoms with van der Waals surface area (Å²) < 4.78 is 1.01. The van der Waals surface area contributed by atoms with E-state index in [1.165, 1.54) is 16.9 Å². The van der Waals surface area contributed by atoms with Crippen LogP contribution in [0.4, 0.5) is 5.13 Å². The predicted molar refractivity (Wildman–Crippen MR) is 100.0 cm³/mol. The van der Waals surface area contributed by atoms with Crippen molar-refractivity contribution in [1.29, 1.82) is 0 Å². The third kappa shape index (κ3) is 3.31. The van der Waals surface area contributed by atoms with E-state index in [9.17, 15) is 4.79 Å². The first-order valence-corrected chi connectivity index (χ1v) is 8.72. The van der Waals surface area contributed by atoms with Gasteiger partial charge in [0.2, 0.25) is 0 Å². The van der Waals surface area contributed by atoms with Crippen molar-refractivity contribution in [3.05, 3.63) is 52.7 Å². The lowest BCUT2D eigenvalue weighted by atomic mass is 9.87. The molecular formula is C19H21N3OS. The molecule has 0 aliphatic rings. The van der Waals surface area contributed by atoms with E-state index in [-0.39, 0.29) is 11.3 Å². The molecule has 2 heterocycles. The molecule has 3 rings (SSSR count). The van der Waals surface area contributed by atoms with Gasteiger partial charge in [0.1, 0.15) is 0 Å². The number of anilines is 1. The molecule has 2 aromatic heterocycles. The van der Waals surface area contributed by atoms with Gasteiger partial charge in [-0.3, -0.25) is 10.1 Å². The molecule has 0 unspecified atom stereocenters. The van der Waals surface area contributed by atoms with E-state index in [4.69, 9.17) is 0 Å². The molecule has 5 heteroatoms. The lowest BCUT2D eigenvalue weighted by Crippen LogP contribution is -2.14. The predicted octanol–water partition coefficient (Wildman–Crippen LogP) is 4.86. The molecule has 0 saturated carbocycles. The van der Waals surface area contributed by atoms with Crippen LogP contribution >= 0.6 is 11.3 Å². The third-order valence-corrected chi connectivity index (χ3v) is 5.00. The van der Waals surface area contributed by atoms with Crippen molar-refractivity contribution in [2.24, 2.45) is 0 Å². The lowest BCUT2D eigenvalue weighted by molar-refractivity contribution is 0.102. The molecule has 124 valence electrons. The van der Waals surface area contributed by atoms with Gasteiger partial charge in [-0.05, 0) is 48.6 Å². The Balaban J connectivity index is 1.83. The molecule has 1 amide bonds. The summed E-state index contributed by atoms with van der Waals surface area (Å²) in [5.74, 6) is -0.149. The number of amides is 1. The molecule has 0 saturated heterocycles. The normalized spacial score (nSPS) is 11.7. The Morgan fingerprint density at radius 3 is 2.38 bits per heavy atom. The van der Waals surface area contributed by atoms with Crippen molar-refractivity contribution < 1.29 is 4.79 Å². The molecule has 0 aliphatic carbocycles. The van der Waals surface area contributed by atoms with Gasteiger partial charge in [-0.1, -0.05) is 44.2 Å². The Morgan fingerprint density at radius 1 is 1.08 bits per heavy atom. The molecule has 3 aromatic rings. The number of aryl methyl sites for hydroxylation is 2. The lowest BCUT2D eigenvalue weighted by Gasteiger charge is -2.18. The minimum atomic E-state index is -0.149. The molecule has 0 radical (unpaired) electrons. The number of carbonyl (C=O) groups excluding carboxylic acids is 1. The van der Waals surface area contributed by atoms with Gasteiger partial charge in [-0.2, -0.15) is 4.98 Å². The second kappa shape index (κ2) is 5.98. The summed E-state index contributed by atoms with van der Waals surface area (Å²) in [6, 6.07) is 9.75. The number of nitrogens with zero attached hydrogens (tertiary/aromatic N) is 2. The number of thiazole rings is 1. The Morgan fingerprint density at radius 2 is 1.75 bits per heavy atom. The second-order valence-electron chi connectivity index (χ2n) is 7.03. The average Bonchev–Trinajstić information content (AvgIpc) is 2.89. The van der Waals surface area contributed by atoms with Gasteiger partial charge < -0.3 is 0 Å². The van der Waals surface area contributed by atoms with Crippen LogP contribution in [0.15, 0.2) is 30.3 Å². The highest BCUT2D eigenvalue weighted by Crippen LogP contribution is 2.28. The van der Waals surface area contributed by atoms with E-state index in [2.05, 4.69) is 36.1 Å². The van der Waals surface area contributed by atoms with E-state index in [0.717, 1.165) is 16.0 Å². The Bertz CT molecular complexity index is 905. The van der Waals surface area contributed by atoms with Gasteiger partial charge in [0.15, 0.2) is 10.8 Å². The first-order valence-electron chi connectivity index (χ1n) is 7.91. The van der Waals surface area contributed by atoms with Crippen molar-refractivity contribution >= 4 is 32.7 Å². The van der Waals surface area contributed by atoms with Crippen molar-refractivity contribution in [1.82, 2.24) is 9.97 Å². The smallest absolute Gasteiger partial charge is 0.257 e. The monoisotopic (exact) mass is 339 g/mol. The maximum absolute atomic E-state index is 12.4. The molecule has 0 fully saturated rings. The molecule has 0 spiro atoms. The highest BCUT2D eigenvalue weighted by molar-refractivity contribution is 7.22. The van der Waals surface area contributed by atoms with Crippen molar-refractivity contribution in [3.63, 3.8) is 0 Å². The SMILES string of the molecule is Cc1cc(C)c2sc(NC(=O)c3ccc(C(C)(C)C)cc3)nc2n1. The fraction of sp³-hybridized carbons (Fsp3) is 0.316. The standard InChI is InChI=1S/C19H21N3OS/c1-11-10-12(2)20-16-15(11)24-18(21-16)22-17(23)13-6-8-14(9-7-13)19(3,4)5/h6-10H,1-5H3,(H,20,21,22,23). The minimum absolute atomic E-state index is 0.0725. The van der Waals surface area contributed by atoms with Crippen molar-refractivity contribution in [2.75, 3.05) is 5.32 Å². The maximum Gasteiger partial charge on any atom is 0.257 e. The van der Waals surface area contributed by atoms with Gasteiger partial charge in [0.05, 0.1) is 4.70 Å². The Labute approximate surface area is 146 Å². The summed E-state index contributed by atoms with van der Waals surface area (Å²) in [7, 11) is 0. The maximum atomic E-state index is 12.4. The highest BCUT2D eigenvalue weighted by Gasteiger charge is 2.15. The van der Waals surface area contributed by atoms with E-state index < -0.39 is 0 Å². The topological polar surface area (TPSA) is 54.9 Å². The third-order valence-electron chi connectivity index (χ3n) is 3.91. The average molecular weight is 339 g/mol. The van der Waals surface area contributed by atoms with Crippen LogP contribution in [0.3, 0.4) is 0 Å². The van der Waals surface area contributed by atoms with Gasteiger partial charge in [-0.15, -0.1) is 0 Å². The number of nitrogens with one attached hydrogen (secondary N) is 1. The number of pyridine rings is 1. The molecule has 0 atom stereocenters. The number of carbonyl (C=O) groups is 1. The summed E-state index contributed by atoms with van der Waals surface area (Å²) in [5.41, 5.74) is 4.66. The minimum Gasteiger partial charge on any atom is -0.298 e. The van der Waals surface area contributed by atoms with Crippen LogP contribution in [-0.4, -0.2) is 15.9 Å². The van der Waals surface area contributed by atoms with Crippen LogP contribution in [0.2, 0.25) is 0 Å². The van der Waals surface area contributed by atoms with Gasteiger partial charge >= 0.3 is 0 Å². The molecule has 4 nitrogen and oxygen atoms in total. The number of hydrogen-bond acceptors (Lipinski definition) is 4. The Hall–Kier alpha value is -2.27. The zero-order valence-corrected chi connectivity index (χ0v) is 15.4. The quantitative estimate of drug-likeness (QED) is 0.725. The second-order valence-corrected chi connectivity index (χ2v) is 8.03. The first kappa shape index (κ1) is 16.6. The first-order chi connectivity index (χ1) is 11.2. The number of benzene rings is 1. The molecule has 0 bridgehead atoms. The van der Waals surface area contributed by atoms with Crippen LogP contribution in [0.5, 0.6) is 0 Å². The molecular weight excluding hydrogens is 318 g/mol. The van der Waals surface area contributed by atoms with Crippen LogP contribution in [0, 0.1) is 13.8 Å². The van der Waals surface area contributed by atoms with Crippen LogP contribution in [0.25, 0.3) is 10.3 Å². The summed E-state index contributed by atoms with van der Waals surface area (Å²) in [5, 5.41) is 3.46. The number of fused-ring (bicyclic) bond motifs is 1. The fourth-order valence-electron chi connectivity index (χ4n) is 2.57. The van der Waals surface area contributed by atoms with E-state index in [0.29, 0.717) is 16.3 Å². The largest absolute Gasteiger partial charge is 0.298 e. The number of aromatic nitrogens is 2.